The van der Waals surface area contributed by atoms with Crippen LogP contribution >= 0.6 is 43.2 Å². The molecule has 2 aromatic rings. The fourth-order valence-electron chi connectivity index (χ4n) is 1.90. The summed E-state index contributed by atoms with van der Waals surface area (Å²) in [5, 5.41) is 8.27. The first kappa shape index (κ1) is 16.7. The van der Waals surface area contributed by atoms with Crippen molar-refractivity contribution in [3.8, 4) is 0 Å². The van der Waals surface area contributed by atoms with E-state index in [9.17, 15) is 4.79 Å². The van der Waals surface area contributed by atoms with Crippen LogP contribution in [0, 0.1) is 0 Å². The van der Waals surface area contributed by atoms with E-state index in [1.54, 1.807) is 11.3 Å². The van der Waals surface area contributed by atoms with Gasteiger partial charge in [0.15, 0.2) is 0 Å². The lowest BCUT2D eigenvalue weighted by Crippen LogP contribution is -2.39. The van der Waals surface area contributed by atoms with Gasteiger partial charge in [0.1, 0.15) is 0 Å². The molecular formula is C15H16Br2N2OS. The van der Waals surface area contributed by atoms with Gasteiger partial charge in [0.2, 0.25) is 5.91 Å². The summed E-state index contributed by atoms with van der Waals surface area (Å²) in [6.07, 6.45) is 0. The molecule has 1 aromatic heterocycles. The highest BCUT2D eigenvalue weighted by Crippen LogP contribution is 2.26. The van der Waals surface area contributed by atoms with Crippen LogP contribution in [0.25, 0.3) is 0 Å². The molecule has 0 radical (unpaired) electrons. The lowest BCUT2D eigenvalue weighted by Gasteiger charge is -2.19. The van der Waals surface area contributed by atoms with Crippen LogP contribution in [0.1, 0.15) is 24.8 Å². The molecule has 0 saturated heterocycles. The van der Waals surface area contributed by atoms with Crippen molar-refractivity contribution in [1.82, 2.24) is 5.32 Å². The molecule has 0 aliphatic heterocycles. The van der Waals surface area contributed by atoms with Crippen molar-refractivity contribution in [2.24, 2.45) is 0 Å². The second-order valence-electron chi connectivity index (χ2n) is 4.74. The summed E-state index contributed by atoms with van der Waals surface area (Å²) in [7, 11) is 0. The quantitative estimate of drug-likeness (QED) is 0.702. The molecule has 2 unspecified atom stereocenters. The molecule has 2 rings (SSSR count). The molecule has 0 spiro atoms. The van der Waals surface area contributed by atoms with E-state index in [4.69, 9.17) is 0 Å². The molecule has 0 fully saturated rings. The highest BCUT2D eigenvalue weighted by Gasteiger charge is 2.17. The van der Waals surface area contributed by atoms with Gasteiger partial charge in [-0.2, -0.15) is 0 Å². The monoisotopic (exact) mass is 430 g/mol. The highest BCUT2D eigenvalue weighted by molar-refractivity contribution is 9.11. The third-order valence-corrected chi connectivity index (χ3v) is 5.26. The van der Waals surface area contributed by atoms with Gasteiger partial charge in [0.25, 0.3) is 0 Å². The average Bonchev–Trinajstić information content (AvgIpc) is 2.95. The van der Waals surface area contributed by atoms with Gasteiger partial charge in [0.05, 0.1) is 11.7 Å². The lowest BCUT2D eigenvalue weighted by atomic mass is 10.2. The maximum Gasteiger partial charge on any atom is 0.241 e. The Morgan fingerprint density at radius 3 is 2.62 bits per heavy atom. The summed E-state index contributed by atoms with van der Waals surface area (Å²) in [4.78, 5) is 13.5. The molecular weight excluding hydrogens is 416 g/mol. The molecule has 1 heterocycles. The summed E-state index contributed by atoms with van der Waals surface area (Å²) in [6.45, 7) is 3.93. The summed E-state index contributed by atoms with van der Waals surface area (Å²) < 4.78 is 1.81. The van der Waals surface area contributed by atoms with E-state index >= 15 is 0 Å². The Morgan fingerprint density at radius 1 is 1.24 bits per heavy atom. The first-order valence-electron chi connectivity index (χ1n) is 6.52. The van der Waals surface area contributed by atoms with E-state index in [-0.39, 0.29) is 18.0 Å². The normalized spacial score (nSPS) is 13.7. The van der Waals surface area contributed by atoms with Gasteiger partial charge >= 0.3 is 0 Å². The largest absolute Gasteiger partial charge is 0.324 e. The number of rotatable bonds is 5. The number of carbonyl (C=O) groups excluding carboxylic acids is 1. The molecule has 0 aliphatic carbocycles. The molecule has 6 heteroatoms. The van der Waals surface area contributed by atoms with E-state index < -0.39 is 0 Å². The minimum Gasteiger partial charge on any atom is -0.324 e. The minimum absolute atomic E-state index is 0.0542. The van der Waals surface area contributed by atoms with Gasteiger partial charge in [-0.1, -0.05) is 22.0 Å². The molecule has 2 N–H and O–H groups in total. The fourth-order valence-corrected chi connectivity index (χ4v) is 3.79. The molecule has 21 heavy (non-hydrogen) atoms. The number of hydrogen-bond acceptors (Lipinski definition) is 3. The van der Waals surface area contributed by atoms with Gasteiger partial charge in [-0.3, -0.25) is 10.1 Å². The number of benzene rings is 1. The number of halogens is 2. The van der Waals surface area contributed by atoms with E-state index in [0.717, 1.165) is 14.6 Å². The molecule has 0 aliphatic rings. The van der Waals surface area contributed by atoms with Gasteiger partial charge < -0.3 is 5.32 Å². The Labute approximate surface area is 145 Å². The Balaban J connectivity index is 1.96. The van der Waals surface area contributed by atoms with Crippen LogP contribution in [0.15, 0.2) is 44.7 Å². The Bertz CT molecular complexity index is 616. The van der Waals surface area contributed by atoms with Crippen molar-refractivity contribution >= 4 is 54.8 Å². The average molecular weight is 432 g/mol. The number of hydrogen-bond donors (Lipinski definition) is 2. The minimum atomic E-state index is -0.280. The smallest absolute Gasteiger partial charge is 0.241 e. The summed E-state index contributed by atoms with van der Waals surface area (Å²) in [6, 6.07) is 9.62. The summed E-state index contributed by atoms with van der Waals surface area (Å²) in [5.74, 6) is -0.0542. The number of thiophene rings is 1. The van der Waals surface area contributed by atoms with Crippen LogP contribution < -0.4 is 10.6 Å². The van der Waals surface area contributed by atoms with Crippen LogP contribution in [0.2, 0.25) is 0 Å². The van der Waals surface area contributed by atoms with Crippen LogP contribution in [0.3, 0.4) is 0 Å². The van der Waals surface area contributed by atoms with Crippen LogP contribution in [0.5, 0.6) is 0 Å². The van der Waals surface area contributed by atoms with Gasteiger partial charge in [-0.05, 0) is 59.4 Å². The van der Waals surface area contributed by atoms with Crippen LogP contribution in [-0.2, 0) is 4.79 Å². The van der Waals surface area contributed by atoms with Gasteiger partial charge in [0, 0.05) is 19.9 Å². The predicted molar refractivity (Wildman–Crippen MR) is 95.8 cm³/mol. The molecule has 1 amide bonds. The van der Waals surface area contributed by atoms with Crippen LogP contribution in [0.4, 0.5) is 5.69 Å². The van der Waals surface area contributed by atoms with Crippen molar-refractivity contribution in [1.29, 1.82) is 0 Å². The number of nitrogens with one attached hydrogen (secondary N) is 2. The van der Waals surface area contributed by atoms with Crippen LogP contribution in [-0.4, -0.2) is 11.9 Å². The zero-order valence-corrected chi connectivity index (χ0v) is 15.7. The van der Waals surface area contributed by atoms with E-state index in [2.05, 4.69) is 55.5 Å². The van der Waals surface area contributed by atoms with Crippen molar-refractivity contribution in [3.63, 3.8) is 0 Å². The Hall–Kier alpha value is -0.690. The Morgan fingerprint density at radius 2 is 2.00 bits per heavy atom. The SMILES string of the molecule is CC(NC(C)c1cccs1)C(=O)Nc1ccc(Br)cc1Br. The van der Waals surface area contributed by atoms with E-state index in [0.29, 0.717) is 0 Å². The van der Waals surface area contributed by atoms with Gasteiger partial charge in [-0.25, -0.2) is 0 Å². The first-order valence-corrected chi connectivity index (χ1v) is 8.99. The first-order chi connectivity index (χ1) is 9.97. The van der Waals surface area contributed by atoms with Crippen molar-refractivity contribution in [2.75, 3.05) is 5.32 Å². The predicted octanol–water partition coefficient (Wildman–Crippen LogP) is 4.95. The maximum atomic E-state index is 12.3. The second-order valence-corrected chi connectivity index (χ2v) is 7.49. The molecule has 0 bridgehead atoms. The molecule has 3 nitrogen and oxygen atoms in total. The number of carbonyl (C=O) groups is 1. The van der Waals surface area contributed by atoms with Gasteiger partial charge in [-0.15, -0.1) is 11.3 Å². The number of anilines is 1. The van der Waals surface area contributed by atoms with Crippen molar-refractivity contribution in [3.05, 3.63) is 49.5 Å². The third-order valence-electron chi connectivity index (χ3n) is 3.05. The zero-order valence-electron chi connectivity index (χ0n) is 11.7. The zero-order chi connectivity index (χ0) is 15.4. The molecule has 0 saturated carbocycles. The van der Waals surface area contributed by atoms with Crippen molar-refractivity contribution in [2.45, 2.75) is 25.9 Å². The van der Waals surface area contributed by atoms with E-state index in [1.165, 1.54) is 4.88 Å². The Kier molecular flexibility index (Phi) is 5.98. The molecule has 112 valence electrons. The lowest BCUT2D eigenvalue weighted by molar-refractivity contribution is -0.117. The highest BCUT2D eigenvalue weighted by atomic mass is 79.9. The standard InChI is InChI=1S/C15H16Br2N2OS/c1-9(14-4-3-7-21-14)18-10(2)15(20)19-13-6-5-11(16)8-12(13)17/h3-10,18H,1-2H3,(H,19,20). The summed E-state index contributed by atoms with van der Waals surface area (Å²) in [5.41, 5.74) is 0.764. The van der Waals surface area contributed by atoms with E-state index in [1.807, 2.05) is 36.6 Å². The molecule has 1 aromatic carbocycles. The maximum absolute atomic E-state index is 12.3. The summed E-state index contributed by atoms with van der Waals surface area (Å²) >= 11 is 8.52. The number of amides is 1. The fraction of sp³-hybridized carbons (Fsp3) is 0.267. The topological polar surface area (TPSA) is 41.1 Å². The third kappa shape index (κ3) is 4.64. The second kappa shape index (κ2) is 7.54. The van der Waals surface area contributed by atoms with Crippen molar-refractivity contribution < 1.29 is 4.79 Å². The molecule has 2 atom stereocenters.